The monoisotopic (exact) mass is 181 g/mol. The lowest BCUT2D eigenvalue weighted by atomic mass is 10.0. The van der Waals surface area contributed by atoms with Crippen molar-refractivity contribution in [2.45, 2.75) is 18.6 Å². The minimum atomic E-state index is -0.674. The molecule has 0 aliphatic carbocycles. The SMILES string of the molecule is N[C@H](CO)[C@@H](O)Cc1ccccc1. The van der Waals surface area contributed by atoms with Crippen molar-refractivity contribution in [3.8, 4) is 0 Å². The Bertz CT molecular complexity index is 238. The molecule has 1 aromatic rings. The summed E-state index contributed by atoms with van der Waals surface area (Å²) in [4.78, 5) is 0. The van der Waals surface area contributed by atoms with E-state index in [2.05, 4.69) is 0 Å². The molecule has 13 heavy (non-hydrogen) atoms. The van der Waals surface area contributed by atoms with Crippen LogP contribution in [0, 0.1) is 0 Å². The van der Waals surface area contributed by atoms with Gasteiger partial charge in [0, 0.05) is 0 Å². The molecule has 0 unspecified atom stereocenters. The molecule has 3 heteroatoms. The second-order valence-corrected chi connectivity index (χ2v) is 3.10. The standard InChI is InChI=1S/C10H15NO2/c11-9(7-12)10(13)6-8-4-2-1-3-5-8/h1-5,9-10,12-13H,6-7,11H2/t9-,10+/m1/s1. The zero-order chi connectivity index (χ0) is 9.68. The van der Waals surface area contributed by atoms with Crippen LogP contribution in [-0.4, -0.2) is 29.0 Å². The Morgan fingerprint density at radius 1 is 1.23 bits per heavy atom. The Morgan fingerprint density at radius 3 is 2.38 bits per heavy atom. The molecule has 0 saturated carbocycles. The molecule has 1 rings (SSSR count). The molecule has 2 atom stereocenters. The first-order valence-electron chi connectivity index (χ1n) is 4.32. The minimum absolute atomic E-state index is 0.187. The zero-order valence-electron chi connectivity index (χ0n) is 7.43. The topological polar surface area (TPSA) is 66.5 Å². The summed E-state index contributed by atoms with van der Waals surface area (Å²) in [6, 6.07) is 9.03. The van der Waals surface area contributed by atoms with Crippen LogP contribution in [0.25, 0.3) is 0 Å². The lowest BCUT2D eigenvalue weighted by molar-refractivity contribution is 0.109. The smallest absolute Gasteiger partial charge is 0.0753 e. The fourth-order valence-electron chi connectivity index (χ4n) is 1.13. The Kier molecular flexibility index (Phi) is 3.89. The molecule has 0 radical (unpaired) electrons. The van der Waals surface area contributed by atoms with Gasteiger partial charge in [-0.25, -0.2) is 0 Å². The molecule has 72 valence electrons. The van der Waals surface area contributed by atoms with Crippen molar-refractivity contribution in [2.24, 2.45) is 5.73 Å². The number of hydrogen-bond donors (Lipinski definition) is 3. The molecule has 0 spiro atoms. The van der Waals surface area contributed by atoms with Crippen molar-refractivity contribution < 1.29 is 10.2 Å². The first kappa shape index (κ1) is 10.2. The van der Waals surface area contributed by atoms with Crippen molar-refractivity contribution in [3.05, 3.63) is 35.9 Å². The molecule has 0 saturated heterocycles. The highest BCUT2D eigenvalue weighted by atomic mass is 16.3. The number of benzene rings is 1. The van der Waals surface area contributed by atoms with Crippen LogP contribution in [0.2, 0.25) is 0 Å². The second-order valence-electron chi connectivity index (χ2n) is 3.10. The molecule has 0 aliphatic rings. The third-order valence-corrected chi connectivity index (χ3v) is 1.99. The van der Waals surface area contributed by atoms with Crippen molar-refractivity contribution in [1.29, 1.82) is 0 Å². The maximum atomic E-state index is 9.49. The van der Waals surface area contributed by atoms with Gasteiger partial charge in [0.05, 0.1) is 18.8 Å². The summed E-state index contributed by atoms with van der Waals surface area (Å²) in [5, 5.41) is 18.2. The van der Waals surface area contributed by atoms with Gasteiger partial charge in [-0.15, -0.1) is 0 Å². The fraction of sp³-hybridized carbons (Fsp3) is 0.400. The van der Waals surface area contributed by atoms with E-state index in [1.807, 2.05) is 30.3 Å². The third kappa shape index (κ3) is 3.14. The van der Waals surface area contributed by atoms with Crippen molar-refractivity contribution in [2.75, 3.05) is 6.61 Å². The fourth-order valence-corrected chi connectivity index (χ4v) is 1.13. The summed E-state index contributed by atoms with van der Waals surface area (Å²) in [7, 11) is 0. The van der Waals surface area contributed by atoms with Gasteiger partial charge in [-0.1, -0.05) is 30.3 Å². The molecule has 0 fully saturated rings. The third-order valence-electron chi connectivity index (χ3n) is 1.99. The van der Waals surface area contributed by atoms with Gasteiger partial charge in [0.1, 0.15) is 0 Å². The van der Waals surface area contributed by atoms with Crippen LogP contribution in [0.15, 0.2) is 30.3 Å². The van der Waals surface area contributed by atoms with E-state index in [0.29, 0.717) is 6.42 Å². The van der Waals surface area contributed by atoms with E-state index < -0.39 is 12.1 Å². The summed E-state index contributed by atoms with van der Waals surface area (Å²) >= 11 is 0. The Morgan fingerprint density at radius 2 is 1.85 bits per heavy atom. The number of aliphatic hydroxyl groups is 2. The highest BCUT2D eigenvalue weighted by molar-refractivity contribution is 5.15. The lowest BCUT2D eigenvalue weighted by Crippen LogP contribution is -2.39. The van der Waals surface area contributed by atoms with Crippen LogP contribution in [-0.2, 0) is 6.42 Å². The first-order chi connectivity index (χ1) is 6.24. The van der Waals surface area contributed by atoms with Gasteiger partial charge in [-0.2, -0.15) is 0 Å². The van der Waals surface area contributed by atoms with Gasteiger partial charge in [-0.3, -0.25) is 0 Å². The summed E-state index contributed by atoms with van der Waals surface area (Å²) < 4.78 is 0. The molecule has 0 bridgehead atoms. The van der Waals surface area contributed by atoms with Gasteiger partial charge < -0.3 is 15.9 Å². The van der Waals surface area contributed by atoms with E-state index in [1.54, 1.807) is 0 Å². The van der Waals surface area contributed by atoms with Crippen molar-refractivity contribution in [3.63, 3.8) is 0 Å². The van der Waals surface area contributed by atoms with Crippen molar-refractivity contribution >= 4 is 0 Å². The van der Waals surface area contributed by atoms with E-state index >= 15 is 0 Å². The molecule has 3 nitrogen and oxygen atoms in total. The predicted molar refractivity (Wildman–Crippen MR) is 51.2 cm³/mol. The Hall–Kier alpha value is -0.900. The zero-order valence-corrected chi connectivity index (χ0v) is 7.43. The maximum Gasteiger partial charge on any atom is 0.0753 e. The van der Waals surface area contributed by atoms with E-state index in [0.717, 1.165) is 5.56 Å². The molecule has 1 aromatic carbocycles. The molecule has 0 aliphatic heterocycles. The Labute approximate surface area is 77.8 Å². The van der Waals surface area contributed by atoms with Gasteiger partial charge in [0.15, 0.2) is 0 Å². The predicted octanol–water partition coefficient (Wildman–Crippen LogP) is -0.0904. The highest BCUT2D eigenvalue weighted by Crippen LogP contribution is 2.04. The number of rotatable bonds is 4. The van der Waals surface area contributed by atoms with E-state index in [-0.39, 0.29) is 6.61 Å². The van der Waals surface area contributed by atoms with E-state index in [4.69, 9.17) is 10.8 Å². The van der Waals surface area contributed by atoms with Crippen LogP contribution in [0.1, 0.15) is 5.56 Å². The number of nitrogens with two attached hydrogens (primary N) is 1. The summed E-state index contributed by atoms with van der Waals surface area (Å²) in [6.07, 6.45) is -0.185. The van der Waals surface area contributed by atoms with Crippen LogP contribution in [0.5, 0.6) is 0 Å². The average Bonchev–Trinajstić information content (AvgIpc) is 2.18. The van der Waals surface area contributed by atoms with Gasteiger partial charge in [0.25, 0.3) is 0 Å². The largest absolute Gasteiger partial charge is 0.395 e. The first-order valence-corrected chi connectivity index (χ1v) is 4.32. The maximum absolute atomic E-state index is 9.49. The van der Waals surface area contributed by atoms with Crippen LogP contribution < -0.4 is 5.73 Å². The van der Waals surface area contributed by atoms with E-state index in [1.165, 1.54) is 0 Å². The van der Waals surface area contributed by atoms with Crippen molar-refractivity contribution in [1.82, 2.24) is 0 Å². The van der Waals surface area contributed by atoms with E-state index in [9.17, 15) is 5.11 Å². The second kappa shape index (κ2) is 4.97. The van der Waals surface area contributed by atoms with Crippen LogP contribution >= 0.6 is 0 Å². The molecule has 0 amide bonds. The molecular weight excluding hydrogens is 166 g/mol. The minimum Gasteiger partial charge on any atom is -0.395 e. The summed E-state index contributed by atoms with van der Waals surface area (Å²) in [6.45, 7) is -0.187. The molecular formula is C10H15NO2. The quantitative estimate of drug-likeness (QED) is 0.608. The van der Waals surface area contributed by atoms with Gasteiger partial charge >= 0.3 is 0 Å². The van der Waals surface area contributed by atoms with Gasteiger partial charge in [-0.05, 0) is 12.0 Å². The number of hydrogen-bond acceptors (Lipinski definition) is 3. The molecule has 4 N–H and O–H groups in total. The normalized spacial score (nSPS) is 15.3. The van der Waals surface area contributed by atoms with Crippen LogP contribution in [0.3, 0.4) is 0 Å². The number of aliphatic hydroxyl groups excluding tert-OH is 2. The van der Waals surface area contributed by atoms with Gasteiger partial charge in [0.2, 0.25) is 0 Å². The Balaban J connectivity index is 2.50. The van der Waals surface area contributed by atoms with Crippen LogP contribution in [0.4, 0.5) is 0 Å². The summed E-state index contributed by atoms with van der Waals surface area (Å²) in [5.74, 6) is 0. The average molecular weight is 181 g/mol. The highest BCUT2D eigenvalue weighted by Gasteiger charge is 2.13. The lowest BCUT2D eigenvalue weighted by Gasteiger charge is -2.16. The molecule has 0 aromatic heterocycles. The molecule has 0 heterocycles. The summed E-state index contributed by atoms with van der Waals surface area (Å²) in [5.41, 5.74) is 6.49.